The van der Waals surface area contributed by atoms with E-state index in [1.807, 2.05) is 6.92 Å². The summed E-state index contributed by atoms with van der Waals surface area (Å²) in [7, 11) is 0. The molecular weight excluding hydrogens is 278 g/mol. The van der Waals surface area contributed by atoms with Crippen LogP contribution in [0.15, 0.2) is 0 Å². The van der Waals surface area contributed by atoms with Crippen molar-refractivity contribution in [3.8, 4) is 0 Å². The van der Waals surface area contributed by atoms with Gasteiger partial charge >= 0.3 is 12.0 Å². The molecule has 1 aliphatic rings. The summed E-state index contributed by atoms with van der Waals surface area (Å²) >= 11 is 0. The molecule has 1 saturated heterocycles. The Morgan fingerprint density at radius 2 is 2.10 bits per heavy atom. The molecule has 8 heteroatoms. The van der Waals surface area contributed by atoms with Crippen LogP contribution in [-0.2, 0) is 14.3 Å². The molecule has 0 bridgehead atoms. The van der Waals surface area contributed by atoms with Gasteiger partial charge in [-0.2, -0.15) is 0 Å². The summed E-state index contributed by atoms with van der Waals surface area (Å²) in [6, 6.07) is -0.385. The molecule has 2 unspecified atom stereocenters. The topological polar surface area (TPSA) is 122 Å². The Morgan fingerprint density at radius 1 is 1.38 bits per heavy atom. The number of carboxylic acids is 1. The smallest absolute Gasteiger partial charge is 0.332 e. The van der Waals surface area contributed by atoms with Gasteiger partial charge in [0.25, 0.3) is 0 Å². The van der Waals surface area contributed by atoms with Crippen molar-refractivity contribution in [1.29, 1.82) is 0 Å². The number of hydrogen-bond donors (Lipinski definition) is 3. The fourth-order valence-electron chi connectivity index (χ4n) is 2.14. The van der Waals surface area contributed by atoms with Crippen molar-refractivity contribution in [3.63, 3.8) is 0 Å². The molecule has 0 aromatic rings. The van der Waals surface area contributed by atoms with Crippen LogP contribution in [0.2, 0.25) is 0 Å². The van der Waals surface area contributed by atoms with Crippen LogP contribution in [0.25, 0.3) is 0 Å². The van der Waals surface area contributed by atoms with Gasteiger partial charge in [0.05, 0.1) is 6.10 Å². The first-order chi connectivity index (χ1) is 9.93. The molecule has 3 amide bonds. The summed E-state index contributed by atoms with van der Waals surface area (Å²) < 4.78 is 5.29. The van der Waals surface area contributed by atoms with Gasteiger partial charge < -0.3 is 25.8 Å². The van der Waals surface area contributed by atoms with Crippen LogP contribution < -0.4 is 11.1 Å². The van der Waals surface area contributed by atoms with E-state index < -0.39 is 18.0 Å². The van der Waals surface area contributed by atoms with Gasteiger partial charge in [-0.15, -0.1) is 0 Å². The molecule has 2 atom stereocenters. The number of carbonyl (C=O) groups is 3. The fraction of sp³-hybridized carbons (Fsp3) is 0.769. The Bertz CT molecular complexity index is 388. The second kappa shape index (κ2) is 8.46. The highest BCUT2D eigenvalue weighted by molar-refractivity contribution is 5.82. The molecular formula is C13H23N3O5. The molecule has 0 aliphatic carbocycles. The van der Waals surface area contributed by atoms with Crippen molar-refractivity contribution in [2.45, 2.75) is 44.8 Å². The van der Waals surface area contributed by atoms with Gasteiger partial charge in [-0.25, -0.2) is 9.59 Å². The minimum absolute atomic E-state index is 0.130. The predicted octanol–water partition coefficient (Wildman–Crippen LogP) is -0.0844. The van der Waals surface area contributed by atoms with Gasteiger partial charge in [-0.1, -0.05) is 13.3 Å². The zero-order chi connectivity index (χ0) is 15.8. The second-order valence-corrected chi connectivity index (χ2v) is 5.09. The number of ether oxygens (including phenoxy) is 1. The monoisotopic (exact) mass is 301 g/mol. The fourth-order valence-corrected chi connectivity index (χ4v) is 2.14. The average molecular weight is 301 g/mol. The Hall–Kier alpha value is -1.83. The van der Waals surface area contributed by atoms with E-state index in [1.165, 1.54) is 4.90 Å². The van der Waals surface area contributed by atoms with Crippen molar-refractivity contribution < 1.29 is 24.2 Å². The third-order valence-electron chi connectivity index (χ3n) is 3.28. The third kappa shape index (κ3) is 5.99. The summed E-state index contributed by atoms with van der Waals surface area (Å²) in [6.07, 6.45) is 1.60. The number of primary amides is 1. The number of carbonyl (C=O) groups excluding carboxylic acids is 2. The molecule has 0 saturated carbocycles. The normalized spacial score (nSPS) is 21.0. The van der Waals surface area contributed by atoms with E-state index in [4.69, 9.17) is 15.6 Å². The van der Waals surface area contributed by atoms with Gasteiger partial charge in [0.2, 0.25) is 5.91 Å². The van der Waals surface area contributed by atoms with Crippen LogP contribution in [-0.4, -0.2) is 59.8 Å². The van der Waals surface area contributed by atoms with E-state index in [0.717, 1.165) is 12.8 Å². The Labute approximate surface area is 123 Å². The molecule has 4 N–H and O–H groups in total. The molecule has 1 heterocycles. The van der Waals surface area contributed by atoms with Crippen LogP contribution in [0, 0.1) is 0 Å². The van der Waals surface area contributed by atoms with Crippen LogP contribution in [0.3, 0.4) is 0 Å². The summed E-state index contributed by atoms with van der Waals surface area (Å²) in [6.45, 7) is 2.53. The molecule has 0 aromatic heterocycles. The first kappa shape index (κ1) is 17.2. The lowest BCUT2D eigenvalue weighted by molar-refractivity contribution is -0.149. The highest BCUT2D eigenvalue weighted by atomic mass is 16.5. The quantitative estimate of drug-likeness (QED) is 0.578. The van der Waals surface area contributed by atoms with Crippen LogP contribution in [0.5, 0.6) is 0 Å². The number of unbranched alkanes of at least 4 members (excludes halogenated alkanes) is 1. The minimum Gasteiger partial charge on any atom is -0.479 e. The summed E-state index contributed by atoms with van der Waals surface area (Å²) in [5, 5.41) is 11.5. The Morgan fingerprint density at radius 3 is 2.62 bits per heavy atom. The molecule has 21 heavy (non-hydrogen) atoms. The van der Waals surface area contributed by atoms with E-state index in [2.05, 4.69) is 5.32 Å². The summed E-state index contributed by atoms with van der Waals surface area (Å²) in [4.78, 5) is 35.1. The largest absolute Gasteiger partial charge is 0.479 e. The van der Waals surface area contributed by atoms with E-state index in [9.17, 15) is 14.4 Å². The molecule has 0 aromatic carbocycles. The van der Waals surface area contributed by atoms with Gasteiger partial charge in [-0.3, -0.25) is 4.79 Å². The number of carboxylic acid groups (broad SMARTS) is 1. The van der Waals surface area contributed by atoms with Gasteiger partial charge in [-0.05, 0) is 19.3 Å². The molecule has 120 valence electrons. The van der Waals surface area contributed by atoms with Gasteiger partial charge in [0.15, 0.2) is 6.10 Å². The zero-order valence-electron chi connectivity index (χ0n) is 12.2. The molecule has 8 nitrogen and oxygen atoms in total. The molecule has 1 fully saturated rings. The Balaban J connectivity index is 2.39. The third-order valence-corrected chi connectivity index (χ3v) is 3.28. The lowest BCUT2D eigenvalue weighted by Crippen LogP contribution is -2.46. The number of nitrogens with zero attached hydrogens (tertiary/aromatic N) is 1. The van der Waals surface area contributed by atoms with E-state index in [1.54, 1.807) is 0 Å². The maximum atomic E-state index is 12.0. The van der Waals surface area contributed by atoms with Gasteiger partial charge in [0, 0.05) is 13.1 Å². The number of hydrogen-bond acceptors (Lipinski definition) is 4. The van der Waals surface area contributed by atoms with Crippen molar-refractivity contribution in [2.75, 3.05) is 19.6 Å². The first-order valence-corrected chi connectivity index (χ1v) is 7.13. The number of rotatable bonds is 8. The lowest BCUT2D eigenvalue weighted by atomic mass is 10.2. The number of urea groups is 1. The minimum atomic E-state index is -0.984. The van der Waals surface area contributed by atoms with Gasteiger partial charge in [0.1, 0.15) is 6.54 Å². The van der Waals surface area contributed by atoms with Crippen molar-refractivity contribution >= 4 is 17.9 Å². The van der Waals surface area contributed by atoms with Crippen molar-refractivity contribution in [1.82, 2.24) is 10.2 Å². The van der Waals surface area contributed by atoms with Crippen molar-refractivity contribution in [2.24, 2.45) is 5.73 Å². The highest BCUT2D eigenvalue weighted by Gasteiger charge is 2.30. The first-order valence-electron chi connectivity index (χ1n) is 7.13. The van der Waals surface area contributed by atoms with Crippen molar-refractivity contribution in [3.05, 3.63) is 0 Å². The van der Waals surface area contributed by atoms with Crippen LogP contribution >= 0.6 is 0 Å². The predicted molar refractivity (Wildman–Crippen MR) is 74.6 cm³/mol. The maximum absolute atomic E-state index is 12.0. The molecule has 0 radical (unpaired) electrons. The van der Waals surface area contributed by atoms with Crippen LogP contribution in [0.4, 0.5) is 4.79 Å². The maximum Gasteiger partial charge on any atom is 0.332 e. The lowest BCUT2D eigenvalue weighted by Gasteiger charge is -2.22. The summed E-state index contributed by atoms with van der Waals surface area (Å²) in [5.74, 6) is -1.55. The van der Waals surface area contributed by atoms with E-state index >= 15 is 0 Å². The Kier molecular flexibility index (Phi) is 6.93. The number of nitrogens with two attached hydrogens (primary N) is 1. The summed E-state index contributed by atoms with van der Waals surface area (Å²) in [5.41, 5.74) is 5.12. The number of aliphatic carboxylic acids is 1. The molecule has 1 aliphatic heterocycles. The van der Waals surface area contributed by atoms with E-state index in [-0.39, 0.29) is 25.2 Å². The number of nitrogens with one attached hydrogen (secondary N) is 1. The van der Waals surface area contributed by atoms with E-state index in [0.29, 0.717) is 19.4 Å². The molecule has 1 rings (SSSR count). The second-order valence-electron chi connectivity index (χ2n) is 5.09. The highest BCUT2D eigenvalue weighted by Crippen LogP contribution is 2.19. The SMILES string of the molecule is CCCCN(CC(N)=O)C(=O)NCC1CCC(C(=O)O)O1. The molecule has 0 spiro atoms. The standard InChI is InChI=1S/C13H23N3O5/c1-2-3-6-16(8-11(14)17)13(20)15-7-9-4-5-10(21-9)12(18)19/h9-10H,2-8H2,1H3,(H2,14,17)(H,15,20)(H,18,19). The zero-order valence-corrected chi connectivity index (χ0v) is 12.2. The van der Waals surface area contributed by atoms with Crippen LogP contribution in [0.1, 0.15) is 32.6 Å². The average Bonchev–Trinajstić information content (AvgIpc) is 2.89. The number of amides is 3.